The van der Waals surface area contributed by atoms with E-state index in [0.29, 0.717) is 11.8 Å². The largest absolute Gasteiger partial charge is 0.302 e. The number of hydrogen-bond acceptors (Lipinski definition) is 3. The van der Waals surface area contributed by atoms with Crippen LogP contribution in [0.2, 0.25) is 0 Å². The zero-order valence-electron chi connectivity index (χ0n) is 13.6. The third kappa shape index (κ3) is 3.81. The SMILES string of the molecule is CC(=O)C(C)(C=O)CC(=O)c1ccc(-c2ccc(C)cc2)cc1. The molecule has 118 valence electrons. The maximum Gasteiger partial charge on any atom is 0.164 e. The first kappa shape index (κ1) is 16.8. The fourth-order valence-electron chi connectivity index (χ4n) is 2.28. The van der Waals surface area contributed by atoms with Gasteiger partial charge in [-0.1, -0.05) is 54.1 Å². The highest BCUT2D eigenvalue weighted by atomic mass is 16.1. The number of ketones is 2. The molecule has 2 rings (SSSR count). The Balaban J connectivity index is 2.19. The molecule has 1 unspecified atom stereocenters. The molecule has 0 amide bonds. The second kappa shape index (κ2) is 6.69. The molecule has 0 saturated heterocycles. The first-order valence-electron chi connectivity index (χ1n) is 7.53. The van der Waals surface area contributed by atoms with Crippen molar-refractivity contribution in [3.05, 3.63) is 59.7 Å². The quantitative estimate of drug-likeness (QED) is 0.460. The van der Waals surface area contributed by atoms with Gasteiger partial charge in [-0.3, -0.25) is 9.59 Å². The first-order valence-corrected chi connectivity index (χ1v) is 7.53. The molecule has 0 heterocycles. The summed E-state index contributed by atoms with van der Waals surface area (Å²) in [5.41, 5.74) is 2.56. The smallest absolute Gasteiger partial charge is 0.164 e. The summed E-state index contributed by atoms with van der Waals surface area (Å²) in [6, 6.07) is 15.4. The predicted molar refractivity (Wildman–Crippen MR) is 90.4 cm³/mol. The molecule has 1 atom stereocenters. The molecule has 0 saturated carbocycles. The summed E-state index contributed by atoms with van der Waals surface area (Å²) < 4.78 is 0. The van der Waals surface area contributed by atoms with Gasteiger partial charge in [-0.25, -0.2) is 0 Å². The zero-order chi connectivity index (χ0) is 17.0. The standard InChI is InChI=1S/C20H20O3/c1-14-4-6-16(7-5-14)17-8-10-18(11-9-17)19(23)12-20(3,13-21)15(2)22/h4-11,13H,12H2,1-3H3. The van der Waals surface area contributed by atoms with Gasteiger partial charge in [0.2, 0.25) is 0 Å². The van der Waals surface area contributed by atoms with Gasteiger partial charge < -0.3 is 4.79 Å². The number of carbonyl (C=O) groups is 3. The lowest BCUT2D eigenvalue weighted by molar-refractivity contribution is -0.131. The molecule has 0 N–H and O–H groups in total. The van der Waals surface area contributed by atoms with Crippen LogP contribution in [0.5, 0.6) is 0 Å². The van der Waals surface area contributed by atoms with Crippen LogP contribution in [0.1, 0.15) is 36.2 Å². The van der Waals surface area contributed by atoms with Crippen LogP contribution >= 0.6 is 0 Å². The highest BCUT2D eigenvalue weighted by molar-refractivity contribution is 6.05. The highest BCUT2D eigenvalue weighted by Gasteiger charge is 2.32. The average molecular weight is 308 g/mol. The first-order chi connectivity index (χ1) is 10.9. The second-order valence-electron chi connectivity index (χ2n) is 6.13. The fourth-order valence-corrected chi connectivity index (χ4v) is 2.28. The molecule has 0 aliphatic heterocycles. The van der Waals surface area contributed by atoms with Gasteiger partial charge in [-0.2, -0.15) is 0 Å². The summed E-state index contributed by atoms with van der Waals surface area (Å²) in [5.74, 6) is -0.498. The van der Waals surface area contributed by atoms with Crippen molar-refractivity contribution < 1.29 is 14.4 Å². The lowest BCUT2D eigenvalue weighted by Crippen LogP contribution is -2.30. The number of benzene rings is 2. The Morgan fingerprint density at radius 2 is 1.43 bits per heavy atom. The number of hydrogen-bond donors (Lipinski definition) is 0. The molecule has 23 heavy (non-hydrogen) atoms. The van der Waals surface area contributed by atoms with E-state index in [4.69, 9.17) is 0 Å². The average Bonchev–Trinajstić information content (AvgIpc) is 2.55. The Hall–Kier alpha value is -2.55. The van der Waals surface area contributed by atoms with Crippen LogP contribution in [-0.2, 0) is 9.59 Å². The van der Waals surface area contributed by atoms with Crippen LogP contribution < -0.4 is 0 Å². The van der Waals surface area contributed by atoms with Crippen LogP contribution in [0.25, 0.3) is 11.1 Å². The monoisotopic (exact) mass is 308 g/mol. The molecular weight excluding hydrogens is 288 g/mol. The minimum absolute atomic E-state index is 0.101. The minimum Gasteiger partial charge on any atom is -0.302 e. The summed E-state index contributed by atoms with van der Waals surface area (Å²) in [6.07, 6.45) is 0.462. The third-order valence-electron chi connectivity index (χ3n) is 4.18. The van der Waals surface area contributed by atoms with E-state index in [1.54, 1.807) is 12.1 Å². The summed E-state index contributed by atoms with van der Waals surface area (Å²) in [6.45, 7) is 4.87. The molecule has 0 aromatic heterocycles. The number of carbonyl (C=O) groups excluding carboxylic acids is 3. The fraction of sp³-hybridized carbons (Fsp3) is 0.250. The predicted octanol–water partition coefficient (Wildman–Crippen LogP) is 4.03. The summed E-state index contributed by atoms with van der Waals surface area (Å²) in [7, 11) is 0. The van der Waals surface area contributed by atoms with Gasteiger partial charge in [-0.05, 0) is 31.9 Å². The van der Waals surface area contributed by atoms with Gasteiger partial charge in [0, 0.05) is 12.0 Å². The number of aryl methyl sites for hydroxylation is 1. The molecular formula is C20H20O3. The van der Waals surface area contributed by atoms with Crippen molar-refractivity contribution in [1.82, 2.24) is 0 Å². The Kier molecular flexibility index (Phi) is 4.89. The van der Waals surface area contributed by atoms with E-state index >= 15 is 0 Å². The maximum atomic E-state index is 12.3. The van der Waals surface area contributed by atoms with Crippen molar-refractivity contribution in [2.75, 3.05) is 0 Å². The Labute approximate surface area is 136 Å². The van der Waals surface area contributed by atoms with Gasteiger partial charge in [0.05, 0.1) is 5.41 Å². The summed E-state index contributed by atoms with van der Waals surface area (Å²) in [5, 5.41) is 0. The van der Waals surface area contributed by atoms with Crippen molar-refractivity contribution in [1.29, 1.82) is 0 Å². The number of Topliss-reactive ketones (excluding diaryl/α,β-unsaturated/α-hetero) is 2. The van der Waals surface area contributed by atoms with Gasteiger partial charge >= 0.3 is 0 Å². The minimum atomic E-state index is -1.24. The molecule has 3 heteroatoms. The van der Waals surface area contributed by atoms with Crippen molar-refractivity contribution in [2.24, 2.45) is 5.41 Å². The van der Waals surface area contributed by atoms with Gasteiger partial charge in [0.25, 0.3) is 0 Å². The number of rotatable bonds is 6. The van der Waals surface area contributed by atoms with Gasteiger partial charge in [-0.15, -0.1) is 0 Å². The third-order valence-corrected chi connectivity index (χ3v) is 4.18. The Bertz CT molecular complexity index is 726. The lowest BCUT2D eigenvalue weighted by atomic mass is 9.81. The second-order valence-corrected chi connectivity index (χ2v) is 6.13. The van der Waals surface area contributed by atoms with Gasteiger partial charge in [0.1, 0.15) is 12.1 Å². The van der Waals surface area contributed by atoms with Crippen LogP contribution in [0.15, 0.2) is 48.5 Å². The molecule has 0 radical (unpaired) electrons. The van der Waals surface area contributed by atoms with E-state index < -0.39 is 5.41 Å². The highest BCUT2D eigenvalue weighted by Crippen LogP contribution is 2.24. The van der Waals surface area contributed by atoms with Crippen LogP contribution in [0.3, 0.4) is 0 Å². The summed E-state index contributed by atoms with van der Waals surface area (Å²) in [4.78, 5) is 35.0. The molecule has 0 fully saturated rings. The van der Waals surface area contributed by atoms with E-state index in [1.165, 1.54) is 19.4 Å². The molecule has 2 aromatic rings. The van der Waals surface area contributed by atoms with Crippen LogP contribution in [-0.4, -0.2) is 17.9 Å². The lowest BCUT2D eigenvalue weighted by Gasteiger charge is -2.18. The van der Waals surface area contributed by atoms with Crippen molar-refractivity contribution in [2.45, 2.75) is 27.2 Å². The van der Waals surface area contributed by atoms with Crippen LogP contribution in [0.4, 0.5) is 0 Å². The van der Waals surface area contributed by atoms with E-state index in [2.05, 4.69) is 0 Å². The molecule has 0 spiro atoms. The molecule has 2 aromatic carbocycles. The normalized spacial score (nSPS) is 13.2. The Morgan fingerprint density at radius 1 is 0.957 bits per heavy atom. The topological polar surface area (TPSA) is 51.2 Å². The Morgan fingerprint density at radius 3 is 1.87 bits per heavy atom. The van der Waals surface area contributed by atoms with Crippen molar-refractivity contribution in [3.8, 4) is 11.1 Å². The van der Waals surface area contributed by atoms with Crippen LogP contribution in [0, 0.1) is 12.3 Å². The number of aldehydes is 1. The molecule has 0 aliphatic rings. The molecule has 0 bridgehead atoms. The van der Waals surface area contributed by atoms with E-state index in [0.717, 1.165) is 11.1 Å². The van der Waals surface area contributed by atoms with Crippen molar-refractivity contribution in [3.63, 3.8) is 0 Å². The van der Waals surface area contributed by atoms with Gasteiger partial charge in [0.15, 0.2) is 5.78 Å². The molecule has 3 nitrogen and oxygen atoms in total. The van der Waals surface area contributed by atoms with E-state index in [9.17, 15) is 14.4 Å². The van der Waals surface area contributed by atoms with E-state index in [-0.39, 0.29) is 18.0 Å². The van der Waals surface area contributed by atoms with E-state index in [1.807, 2.05) is 43.3 Å². The maximum absolute atomic E-state index is 12.3. The van der Waals surface area contributed by atoms with Crippen molar-refractivity contribution >= 4 is 17.9 Å². The zero-order valence-corrected chi connectivity index (χ0v) is 13.6. The molecule has 0 aliphatic carbocycles. The summed E-state index contributed by atoms with van der Waals surface area (Å²) >= 11 is 0.